The third kappa shape index (κ3) is 7.57. The summed E-state index contributed by atoms with van der Waals surface area (Å²) in [5, 5.41) is 28.8. The summed E-state index contributed by atoms with van der Waals surface area (Å²) in [6.07, 6.45) is 0. The Morgan fingerprint density at radius 1 is 0.448 bits per heavy atom. The van der Waals surface area contributed by atoms with Crippen LogP contribution in [0.3, 0.4) is 0 Å². The summed E-state index contributed by atoms with van der Waals surface area (Å²) >= 11 is -3.34. The number of aromatic nitrogens is 2. The van der Waals surface area contributed by atoms with Gasteiger partial charge in [0.05, 0.1) is 0 Å². The summed E-state index contributed by atoms with van der Waals surface area (Å²) in [6, 6.07) is 49.1. The van der Waals surface area contributed by atoms with Gasteiger partial charge in [0, 0.05) is 0 Å². The van der Waals surface area contributed by atoms with Gasteiger partial charge in [-0.3, -0.25) is 0 Å². The molecule has 0 aliphatic heterocycles. The van der Waals surface area contributed by atoms with Crippen molar-refractivity contribution in [2.75, 3.05) is 10.9 Å². The Kier molecular flexibility index (Phi) is 11.3. The van der Waals surface area contributed by atoms with Gasteiger partial charge in [0.2, 0.25) is 0 Å². The molecule has 0 spiro atoms. The van der Waals surface area contributed by atoms with Crippen LogP contribution in [0.4, 0.5) is 8.78 Å². The molecular weight excluding hydrogens is 899 g/mol. The van der Waals surface area contributed by atoms with Crippen molar-refractivity contribution in [3.05, 3.63) is 180 Å². The van der Waals surface area contributed by atoms with Crippen LogP contribution in [-0.4, -0.2) is 43.5 Å². The number of benzene rings is 8. The first-order valence-electron chi connectivity index (χ1n) is 22.8. The molecule has 0 unspecified atom stereocenters. The van der Waals surface area contributed by atoms with E-state index in [2.05, 4.69) is 61.1 Å². The van der Waals surface area contributed by atoms with Gasteiger partial charge in [-0.2, -0.15) is 0 Å². The zero-order valence-corrected chi connectivity index (χ0v) is 40.5. The molecule has 0 aliphatic rings. The average molecular weight is 952 g/mol. The zero-order valence-electron chi connectivity index (χ0n) is 38.4. The van der Waals surface area contributed by atoms with Crippen molar-refractivity contribution in [3.8, 4) is 56.6 Å². The molecule has 0 atom stereocenters. The van der Waals surface area contributed by atoms with Crippen molar-refractivity contribution in [3.63, 3.8) is 0 Å². The third-order valence-corrected chi connectivity index (χ3v) is 26.4. The number of phenols is 2. The molecule has 67 heavy (non-hydrogen) atoms. The van der Waals surface area contributed by atoms with Crippen LogP contribution in [0.25, 0.3) is 77.2 Å². The molecule has 0 radical (unpaired) electrons. The van der Waals surface area contributed by atoms with E-state index in [9.17, 15) is 10.2 Å². The van der Waals surface area contributed by atoms with Crippen LogP contribution in [-0.2, 0) is 0 Å². The maximum absolute atomic E-state index is 15.4. The first-order valence-corrected chi connectivity index (χ1v) is 28.2. The molecular formula is C58H52F2GeN2O4. The first kappa shape index (κ1) is 43.8. The molecule has 0 bridgehead atoms. The normalized spacial score (nSPS) is 12.1. The zero-order chi connectivity index (χ0) is 46.7. The molecule has 2 N–H and O–H groups in total. The number of phenolic OH excluding ortho intramolecular Hbond substituents is 2. The second-order valence-corrected chi connectivity index (χ2v) is 29.7. The predicted octanol–water partition coefficient (Wildman–Crippen LogP) is 15.3. The van der Waals surface area contributed by atoms with Crippen molar-refractivity contribution < 1.29 is 28.5 Å². The number of para-hydroxylation sites is 4. The van der Waals surface area contributed by atoms with Gasteiger partial charge >= 0.3 is 394 Å². The van der Waals surface area contributed by atoms with Crippen LogP contribution in [0.5, 0.6) is 23.0 Å². The topological polar surface area (TPSA) is 68.8 Å². The van der Waals surface area contributed by atoms with E-state index in [1.807, 2.05) is 111 Å². The number of nitrogens with zero attached hydrogens (tertiary/aromatic N) is 2. The number of hydrogen-bond acceptors (Lipinski definition) is 4. The molecule has 0 saturated carbocycles. The van der Waals surface area contributed by atoms with E-state index in [1.165, 1.54) is 24.3 Å². The fourth-order valence-corrected chi connectivity index (χ4v) is 17.7. The van der Waals surface area contributed by atoms with E-state index in [1.54, 1.807) is 12.1 Å². The molecule has 0 amide bonds. The second kappa shape index (κ2) is 17.3. The summed E-state index contributed by atoms with van der Waals surface area (Å²) in [5.74, 6) is 0.0417. The van der Waals surface area contributed by atoms with Gasteiger partial charge in [-0.1, -0.05) is 0 Å². The second-order valence-electron chi connectivity index (χ2n) is 18.5. The van der Waals surface area contributed by atoms with Gasteiger partial charge in [0.25, 0.3) is 0 Å². The van der Waals surface area contributed by atoms with E-state index < -0.39 is 24.9 Å². The minimum atomic E-state index is -3.34. The Balaban J connectivity index is 1.01. The molecule has 336 valence electrons. The molecule has 0 saturated heterocycles. The van der Waals surface area contributed by atoms with Crippen LogP contribution in [0.2, 0.25) is 9.50 Å². The summed E-state index contributed by atoms with van der Waals surface area (Å²) in [6.45, 7) is 12.8. The summed E-state index contributed by atoms with van der Waals surface area (Å²) in [4.78, 5) is 0. The van der Waals surface area contributed by atoms with E-state index in [0.717, 1.165) is 54.7 Å². The minimum absolute atomic E-state index is 0.0148. The summed E-state index contributed by atoms with van der Waals surface area (Å²) in [7, 11) is 0. The number of hydrogen-bond donors (Lipinski definition) is 2. The van der Waals surface area contributed by atoms with E-state index in [0.29, 0.717) is 56.0 Å². The number of rotatable bonds is 12. The standard InChI is InChI=1S/C58H52F2GeN2O4/c1-35(2)61(36(3)4,33-66-55-25-23-39(59)31-45(55)47-27-37(5)29-53(57(47)64)62-49-19-11-7-15-41(49)42-16-8-12-20-50(42)62)34-67-56-26-24-40(60)32-46(56)48-28-38(6)30-54(58(48)65)63-51-21-13-9-17-43(51)44-18-10-14-22-52(44)63/h7-32,35-36,64-65H,33-34H2,1-6H3. The van der Waals surface area contributed by atoms with E-state index >= 15 is 8.78 Å². The number of fused-ring (bicyclic) bond motifs is 6. The Bertz CT molecular complexity index is 3200. The molecule has 2 heterocycles. The van der Waals surface area contributed by atoms with Gasteiger partial charge < -0.3 is 0 Å². The number of aromatic hydroxyl groups is 2. The van der Waals surface area contributed by atoms with Gasteiger partial charge in [-0.25, -0.2) is 0 Å². The SMILES string of the molecule is Cc1cc(-c2cc(F)ccc2O[CH2][Ge]([CH2]Oc2ccc(F)cc2-c2cc(C)cc(-n3c4ccccc4c4ccccc43)c2O)([CH](C)C)[CH](C)C)c(O)c(-n2c3ccccc3c3ccccc32)c1. The summed E-state index contributed by atoms with van der Waals surface area (Å²) < 4.78 is 49.1. The van der Waals surface area contributed by atoms with Crippen molar-refractivity contribution in [1.29, 1.82) is 0 Å². The van der Waals surface area contributed by atoms with Crippen LogP contribution >= 0.6 is 0 Å². The first-order chi connectivity index (χ1) is 32.3. The fourth-order valence-electron chi connectivity index (χ4n) is 10.1. The molecule has 2 aromatic heterocycles. The van der Waals surface area contributed by atoms with Crippen LogP contribution in [0, 0.1) is 25.5 Å². The maximum atomic E-state index is 15.4. The monoisotopic (exact) mass is 952 g/mol. The van der Waals surface area contributed by atoms with Crippen molar-refractivity contribution in [2.24, 2.45) is 0 Å². The Morgan fingerprint density at radius 3 is 1.10 bits per heavy atom. The molecule has 10 aromatic rings. The van der Waals surface area contributed by atoms with Crippen molar-refractivity contribution in [1.82, 2.24) is 9.13 Å². The van der Waals surface area contributed by atoms with Crippen molar-refractivity contribution in [2.45, 2.75) is 51.0 Å². The average Bonchev–Trinajstić information content (AvgIpc) is 3.84. The van der Waals surface area contributed by atoms with Gasteiger partial charge in [0.15, 0.2) is 0 Å². The molecule has 8 aromatic carbocycles. The predicted molar refractivity (Wildman–Crippen MR) is 272 cm³/mol. The number of halogens is 2. The Morgan fingerprint density at radius 2 is 0.776 bits per heavy atom. The Hall–Kier alpha value is -7.04. The molecule has 0 fully saturated rings. The number of ether oxygens (including phenoxy) is 2. The summed E-state index contributed by atoms with van der Waals surface area (Å²) in [5.41, 5.74) is 9.30. The quantitative estimate of drug-likeness (QED) is 0.120. The van der Waals surface area contributed by atoms with Gasteiger partial charge in [-0.15, -0.1) is 0 Å². The van der Waals surface area contributed by atoms with Crippen LogP contribution < -0.4 is 9.47 Å². The van der Waals surface area contributed by atoms with Gasteiger partial charge in [-0.05, 0) is 0 Å². The molecule has 9 heteroatoms. The number of aryl methyl sites for hydroxylation is 2. The van der Waals surface area contributed by atoms with E-state index in [4.69, 9.17) is 9.47 Å². The molecule has 0 aliphatic carbocycles. The van der Waals surface area contributed by atoms with Crippen LogP contribution in [0.15, 0.2) is 158 Å². The fraction of sp³-hybridized carbons (Fsp3) is 0.172. The van der Waals surface area contributed by atoms with Crippen molar-refractivity contribution >= 4 is 56.9 Å². The molecule has 10 rings (SSSR count). The Labute approximate surface area is 391 Å². The van der Waals surface area contributed by atoms with Gasteiger partial charge in [0.1, 0.15) is 0 Å². The third-order valence-electron chi connectivity index (χ3n) is 13.9. The van der Waals surface area contributed by atoms with E-state index in [-0.39, 0.29) is 21.0 Å². The van der Waals surface area contributed by atoms with Crippen LogP contribution in [0.1, 0.15) is 38.8 Å². The molecule has 6 nitrogen and oxygen atoms in total.